The first-order chi connectivity index (χ1) is 22.3. The van der Waals surface area contributed by atoms with Gasteiger partial charge < -0.3 is 24.2 Å². The molecule has 3 aliphatic rings. The standard InChI is InChI=1S/C37H45FN4O5/c1-23-19-31-40-28-22-42(31)34(32(23)33(35(43)44)47-36(2,3)4)41-16-14-37(5,15-17-41)45-18-7-6-11-30(39)46-29-13-12-26(38)21-27(29)24-9-8-10-25(28)20-24/h8-10,12-13,19-22,30,33H,6-7,11,14-18,39H2,1-5H3,(H,43,44). The molecule has 0 amide bonds. The van der Waals surface area contributed by atoms with Crippen molar-refractivity contribution in [2.45, 2.75) is 90.3 Å². The quantitative estimate of drug-likeness (QED) is 0.239. The number of carboxylic acids is 1. The van der Waals surface area contributed by atoms with E-state index in [0.717, 1.165) is 48.2 Å². The number of ether oxygens (including phenoxy) is 3. The fourth-order valence-corrected chi connectivity index (χ4v) is 6.62. The molecule has 3 aliphatic heterocycles. The molecule has 4 aromatic rings. The number of hydrogen-bond donors (Lipinski definition) is 2. The van der Waals surface area contributed by atoms with Gasteiger partial charge in [0.2, 0.25) is 0 Å². The molecule has 47 heavy (non-hydrogen) atoms. The molecule has 0 aliphatic carbocycles. The second-order valence-electron chi connectivity index (χ2n) is 14.0. The minimum absolute atomic E-state index is 0.309. The largest absolute Gasteiger partial charge is 0.479 e. The molecule has 5 heterocycles. The number of pyridine rings is 1. The Bertz CT molecular complexity index is 1770. The number of imidazole rings is 1. The first-order valence-electron chi connectivity index (χ1n) is 16.4. The van der Waals surface area contributed by atoms with Gasteiger partial charge in [0.05, 0.1) is 16.9 Å². The summed E-state index contributed by atoms with van der Waals surface area (Å²) in [6, 6.07) is 14.1. The highest BCUT2D eigenvalue weighted by atomic mass is 19.1. The lowest BCUT2D eigenvalue weighted by atomic mass is 9.92. The Balaban J connectivity index is 1.53. The molecule has 2 atom stereocenters. The van der Waals surface area contributed by atoms with E-state index in [0.29, 0.717) is 54.3 Å². The fraction of sp³-hybridized carbons (Fsp3) is 0.459. The van der Waals surface area contributed by atoms with Gasteiger partial charge in [-0.2, -0.15) is 0 Å². The number of hydrogen-bond acceptors (Lipinski definition) is 7. The van der Waals surface area contributed by atoms with Crippen molar-refractivity contribution in [2.24, 2.45) is 5.73 Å². The fourth-order valence-electron chi connectivity index (χ4n) is 6.62. The number of fused-ring (bicyclic) bond motifs is 8. The van der Waals surface area contributed by atoms with Gasteiger partial charge in [-0.15, -0.1) is 0 Å². The van der Waals surface area contributed by atoms with Crippen molar-refractivity contribution in [1.29, 1.82) is 0 Å². The molecule has 0 radical (unpaired) electrons. The van der Waals surface area contributed by atoms with Crippen LogP contribution in [0.15, 0.2) is 54.7 Å². The summed E-state index contributed by atoms with van der Waals surface area (Å²) in [7, 11) is 0. The topological polar surface area (TPSA) is 112 Å². The molecule has 2 unspecified atom stereocenters. The van der Waals surface area contributed by atoms with Gasteiger partial charge in [-0.3, -0.25) is 10.1 Å². The highest BCUT2D eigenvalue weighted by Gasteiger charge is 2.37. The van der Waals surface area contributed by atoms with Crippen LogP contribution in [0.4, 0.5) is 10.2 Å². The summed E-state index contributed by atoms with van der Waals surface area (Å²) >= 11 is 0. The van der Waals surface area contributed by atoms with Crippen LogP contribution in [0.1, 0.15) is 77.0 Å². The van der Waals surface area contributed by atoms with Crippen LogP contribution in [0, 0.1) is 12.7 Å². The van der Waals surface area contributed by atoms with Crippen LogP contribution >= 0.6 is 0 Å². The Morgan fingerprint density at radius 1 is 1.13 bits per heavy atom. The summed E-state index contributed by atoms with van der Waals surface area (Å²) < 4.78 is 35.4. The smallest absolute Gasteiger partial charge is 0.337 e. The molecule has 1 fully saturated rings. The molecule has 250 valence electrons. The van der Waals surface area contributed by atoms with Crippen LogP contribution in [0.25, 0.3) is 28.0 Å². The SMILES string of the molecule is Cc1cc2nc3cn2c(c1C(OC(C)(C)C)C(=O)O)N1CCC(C)(CC1)OCCCCC(N)Oc1ccc(F)cc1-c1cccc-3c1. The third-order valence-electron chi connectivity index (χ3n) is 9.07. The van der Waals surface area contributed by atoms with Crippen LogP contribution in [0.2, 0.25) is 0 Å². The van der Waals surface area contributed by atoms with Gasteiger partial charge in [0.25, 0.3) is 0 Å². The number of nitrogens with two attached hydrogens (primary N) is 1. The molecular weight excluding hydrogens is 599 g/mol. The van der Waals surface area contributed by atoms with Crippen molar-refractivity contribution >= 4 is 17.4 Å². The number of halogens is 1. The van der Waals surface area contributed by atoms with Gasteiger partial charge in [0, 0.05) is 42.6 Å². The van der Waals surface area contributed by atoms with Crippen molar-refractivity contribution in [1.82, 2.24) is 9.38 Å². The third kappa shape index (κ3) is 7.15. The predicted octanol–water partition coefficient (Wildman–Crippen LogP) is 7.28. The molecule has 9 nitrogen and oxygen atoms in total. The number of anilines is 1. The second kappa shape index (κ2) is 12.9. The van der Waals surface area contributed by atoms with Gasteiger partial charge in [0.1, 0.15) is 29.3 Å². The molecule has 1 saturated heterocycles. The van der Waals surface area contributed by atoms with E-state index in [9.17, 15) is 14.3 Å². The molecule has 6 bridgehead atoms. The van der Waals surface area contributed by atoms with Gasteiger partial charge in [-0.1, -0.05) is 18.2 Å². The maximum absolute atomic E-state index is 14.6. The zero-order valence-corrected chi connectivity index (χ0v) is 27.9. The first-order valence-corrected chi connectivity index (χ1v) is 16.4. The highest BCUT2D eigenvalue weighted by molar-refractivity contribution is 5.80. The average molecular weight is 645 g/mol. The van der Waals surface area contributed by atoms with Crippen molar-refractivity contribution in [3.05, 3.63) is 71.7 Å². The van der Waals surface area contributed by atoms with Crippen LogP contribution in [0.3, 0.4) is 0 Å². The Hall–Kier alpha value is -3.99. The number of rotatable bonds is 3. The number of aliphatic carboxylic acids is 1. The average Bonchev–Trinajstić information content (AvgIpc) is 3.43. The summed E-state index contributed by atoms with van der Waals surface area (Å²) in [4.78, 5) is 20.1. The normalized spacial score (nSPS) is 21.3. The van der Waals surface area contributed by atoms with E-state index in [1.165, 1.54) is 12.1 Å². The van der Waals surface area contributed by atoms with E-state index >= 15 is 0 Å². The van der Waals surface area contributed by atoms with E-state index in [1.807, 2.05) is 68.6 Å². The number of carbonyl (C=O) groups is 1. The first kappa shape index (κ1) is 32.9. The Morgan fingerprint density at radius 3 is 2.60 bits per heavy atom. The number of aromatic nitrogens is 2. The van der Waals surface area contributed by atoms with Gasteiger partial charge >= 0.3 is 5.97 Å². The van der Waals surface area contributed by atoms with E-state index in [4.69, 9.17) is 24.9 Å². The molecule has 2 aromatic heterocycles. The van der Waals surface area contributed by atoms with Crippen molar-refractivity contribution < 1.29 is 28.5 Å². The number of carboxylic acid groups (broad SMARTS) is 1. The predicted molar refractivity (Wildman–Crippen MR) is 180 cm³/mol. The Morgan fingerprint density at radius 2 is 1.87 bits per heavy atom. The molecule has 3 N–H and O–H groups in total. The molecule has 0 spiro atoms. The number of benzene rings is 2. The Kier molecular flexibility index (Phi) is 9.04. The van der Waals surface area contributed by atoms with Crippen LogP contribution < -0.4 is 15.4 Å². The maximum atomic E-state index is 14.6. The molecular formula is C37H45FN4O5. The molecule has 0 saturated carbocycles. The van der Waals surface area contributed by atoms with Crippen LogP contribution in [0.5, 0.6) is 5.75 Å². The summed E-state index contributed by atoms with van der Waals surface area (Å²) in [5, 5.41) is 10.5. The molecule has 7 rings (SSSR count). The number of nitrogens with zero attached hydrogens (tertiary/aromatic N) is 3. The summed E-state index contributed by atoms with van der Waals surface area (Å²) in [6.45, 7) is 11.6. The number of aryl methyl sites for hydroxylation is 1. The van der Waals surface area contributed by atoms with E-state index < -0.39 is 23.9 Å². The van der Waals surface area contributed by atoms with Crippen molar-refractivity contribution in [3.8, 4) is 28.1 Å². The summed E-state index contributed by atoms with van der Waals surface area (Å²) in [6.07, 6.45) is 4.07. The third-order valence-corrected chi connectivity index (χ3v) is 9.07. The number of piperidine rings is 1. The summed E-state index contributed by atoms with van der Waals surface area (Å²) in [5.74, 6) is -0.147. The molecule has 2 aromatic carbocycles. The van der Waals surface area contributed by atoms with E-state index in [1.54, 1.807) is 6.07 Å². The maximum Gasteiger partial charge on any atom is 0.337 e. The van der Waals surface area contributed by atoms with Crippen LogP contribution in [-0.4, -0.2) is 57.6 Å². The van der Waals surface area contributed by atoms with Gasteiger partial charge in [-0.25, -0.2) is 14.2 Å². The van der Waals surface area contributed by atoms with Crippen molar-refractivity contribution in [2.75, 3.05) is 24.6 Å². The second-order valence-corrected chi connectivity index (χ2v) is 14.0. The highest BCUT2D eigenvalue weighted by Crippen LogP contribution is 2.40. The minimum Gasteiger partial charge on any atom is -0.479 e. The van der Waals surface area contributed by atoms with E-state index in [-0.39, 0.29) is 11.4 Å². The molecule has 10 heteroatoms. The lowest BCUT2D eigenvalue weighted by Crippen LogP contribution is -2.45. The monoisotopic (exact) mass is 644 g/mol. The lowest BCUT2D eigenvalue weighted by Gasteiger charge is -2.41. The Labute approximate surface area is 275 Å². The van der Waals surface area contributed by atoms with E-state index in [2.05, 4.69) is 11.8 Å². The van der Waals surface area contributed by atoms with Crippen LogP contribution in [-0.2, 0) is 14.3 Å². The zero-order valence-electron chi connectivity index (χ0n) is 27.9. The summed E-state index contributed by atoms with van der Waals surface area (Å²) in [5.41, 5.74) is 10.4. The minimum atomic E-state index is -1.18. The van der Waals surface area contributed by atoms with Gasteiger partial charge in [-0.05, 0) is 108 Å². The van der Waals surface area contributed by atoms with Gasteiger partial charge in [0.15, 0.2) is 6.10 Å². The van der Waals surface area contributed by atoms with Crippen molar-refractivity contribution in [3.63, 3.8) is 0 Å². The lowest BCUT2D eigenvalue weighted by molar-refractivity contribution is -0.160. The zero-order chi connectivity index (χ0) is 33.5.